The molecule has 1 amide bonds. The number of rotatable bonds is 7. The third-order valence-electron chi connectivity index (χ3n) is 2.01. The molecule has 0 fully saturated rings. The van der Waals surface area contributed by atoms with E-state index < -0.39 is 0 Å². The van der Waals surface area contributed by atoms with E-state index in [9.17, 15) is 4.79 Å². The zero-order valence-corrected chi connectivity index (χ0v) is 10.3. The van der Waals surface area contributed by atoms with Gasteiger partial charge in [0.25, 0.3) is 0 Å². The van der Waals surface area contributed by atoms with Crippen LogP contribution in [0, 0.1) is 0 Å². The number of carbonyl (C=O) groups is 1. The van der Waals surface area contributed by atoms with Crippen LogP contribution in [0.25, 0.3) is 0 Å². The van der Waals surface area contributed by atoms with E-state index in [4.69, 9.17) is 4.74 Å². The smallest absolute Gasteiger partial charge is 0.249 e. The Bertz CT molecular complexity index is 164. The highest BCUT2D eigenvalue weighted by atomic mass is 32.2. The summed E-state index contributed by atoms with van der Waals surface area (Å²) in [7, 11) is 1.54. The summed E-state index contributed by atoms with van der Waals surface area (Å²) in [4.78, 5) is 11.4. The summed E-state index contributed by atoms with van der Waals surface area (Å²) in [5.41, 5.74) is 0. The molecule has 0 heterocycles. The van der Waals surface area contributed by atoms with E-state index >= 15 is 0 Å². The first kappa shape index (κ1) is 13.8. The third kappa shape index (κ3) is 6.27. The van der Waals surface area contributed by atoms with Crippen molar-refractivity contribution in [3.05, 3.63) is 0 Å². The van der Waals surface area contributed by atoms with Crippen molar-refractivity contribution in [3.63, 3.8) is 0 Å². The fourth-order valence-corrected chi connectivity index (χ4v) is 1.75. The zero-order chi connectivity index (χ0) is 11.0. The zero-order valence-electron chi connectivity index (χ0n) is 9.50. The van der Waals surface area contributed by atoms with Crippen LogP contribution in [0.15, 0.2) is 0 Å². The molecule has 0 aromatic rings. The van der Waals surface area contributed by atoms with Gasteiger partial charge in [0, 0.05) is 13.2 Å². The second-order valence-corrected chi connectivity index (χ2v) is 4.67. The minimum absolute atomic E-state index is 0.0264. The summed E-state index contributed by atoms with van der Waals surface area (Å²) < 4.78 is 4.92. The van der Waals surface area contributed by atoms with Crippen LogP contribution in [0.1, 0.15) is 27.2 Å². The number of amides is 1. The maximum atomic E-state index is 11.4. The number of carbonyl (C=O) groups excluding carboxylic acids is 1. The Labute approximate surface area is 91.0 Å². The normalized spacial score (nSPS) is 14.9. The van der Waals surface area contributed by atoms with Crippen molar-refractivity contribution in [2.24, 2.45) is 0 Å². The predicted octanol–water partition coefficient (Wildman–Crippen LogP) is 1.67. The van der Waals surface area contributed by atoms with Crippen LogP contribution in [-0.4, -0.2) is 36.7 Å². The molecule has 0 rings (SSSR count). The molecule has 2 atom stereocenters. The van der Waals surface area contributed by atoms with Crippen molar-refractivity contribution in [3.8, 4) is 0 Å². The highest BCUT2D eigenvalue weighted by Crippen LogP contribution is 2.04. The molecule has 0 radical (unpaired) electrons. The average molecular weight is 219 g/mol. The van der Waals surface area contributed by atoms with Gasteiger partial charge < -0.3 is 10.1 Å². The molecule has 1 N–H and O–H groups in total. The van der Waals surface area contributed by atoms with Gasteiger partial charge in [0.2, 0.25) is 5.91 Å². The lowest BCUT2D eigenvalue weighted by Crippen LogP contribution is -2.39. The molecule has 0 saturated carbocycles. The van der Waals surface area contributed by atoms with Crippen LogP contribution < -0.4 is 5.32 Å². The predicted molar refractivity (Wildman–Crippen MR) is 61.7 cm³/mol. The van der Waals surface area contributed by atoms with Crippen LogP contribution in [0.2, 0.25) is 0 Å². The van der Waals surface area contributed by atoms with Gasteiger partial charge in [0.05, 0.1) is 0 Å². The van der Waals surface area contributed by atoms with Crippen molar-refractivity contribution in [1.29, 1.82) is 0 Å². The number of hydrogen-bond acceptors (Lipinski definition) is 3. The first-order valence-corrected chi connectivity index (χ1v) is 6.18. The van der Waals surface area contributed by atoms with Crippen LogP contribution >= 0.6 is 11.8 Å². The molecule has 0 aliphatic carbocycles. The maximum Gasteiger partial charge on any atom is 0.249 e. The van der Waals surface area contributed by atoms with Gasteiger partial charge in [-0.2, -0.15) is 11.8 Å². The lowest BCUT2D eigenvalue weighted by atomic mass is 10.2. The molecule has 0 aliphatic heterocycles. The molecule has 84 valence electrons. The van der Waals surface area contributed by atoms with Crippen LogP contribution in [0.3, 0.4) is 0 Å². The molecule has 0 spiro atoms. The van der Waals surface area contributed by atoms with Crippen LogP contribution in [0.5, 0.6) is 0 Å². The second kappa shape index (κ2) is 8.12. The minimum atomic E-state index is -0.351. The van der Waals surface area contributed by atoms with Gasteiger partial charge in [0.15, 0.2) is 0 Å². The van der Waals surface area contributed by atoms with Crippen molar-refractivity contribution >= 4 is 17.7 Å². The molecule has 0 aliphatic rings. The van der Waals surface area contributed by atoms with E-state index in [1.54, 1.807) is 14.0 Å². The molecule has 2 unspecified atom stereocenters. The summed E-state index contributed by atoms with van der Waals surface area (Å²) in [5.74, 6) is 2.20. The molecular formula is C10H21NO2S. The first-order chi connectivity index (χ1) is 6.61. The Balaban J connectivity index is 3.60. The molecular weight excluding hydrogens is 198 g/mol. The van der Waals surface area contributed by atoms with E-state index in [2.05, 4.69) is 12.2 Å². The Morgan fingerprint density at radius 1 is 1.50 bits per heavy atom. The van der Waals surface area contributed by atoms with Crippen molar-refractivity contribution < 1.29 is 9.53 Å². The average Bonchev–Trinajstić information content (AvgIpc) is 2.16. The van der Waals surface area contributed by atoms with Gasteiger partial charge in [-0.1, -0.05) is 6.92 Å². The molecule has 3 nitrogen and oxygen atoms in total. The lowest BCUT2D eigenvalue weighted by Gasteiger charge is -2.16. The van der Waals surface area contributed by atoms with E-state index in [0.717, 1.165) is 17.9 Å². The van der Waals surface area contributed by atoms with Crippen molar-refractivity contribution in [2.75, 3.05) is 18.6 Å². The molecule has 0 bridgehead atoms. The van der Waals surface area contributed by atoms with E-state index in [1.807, 2.05) is 18.7 Å². The summed E-state index contributed by atoms with van der Waals surface area (Å²) in [6.45, 7) is 5.92. The van der Waals surface area contributed by atoms with Gasteiger partial charge in [-0.05, 0) is 31.8 Å². The Hall–Kier alpha value is -0.220. The maximum absolute atomic E-state index is 11.4. The fraction of sp³-hybridized carbons (Fsp3) is 0.900. The number of nitrogens with one attached hydrogen (secondary N) is 1. The Kier molecular flexibility index (Phi) is 7.99. The molecule has 14 heavy (non-hydrogen) atoms. The van der Waals surface area contributed by atoms with E-state index in [0.29, 0.717) is 0 Å². The van der Waals surface area contributed by atoms with Crippen molar-refractivity contribution in [1.82, 2.24) is 5.32 Å². The number of ether oxygens (including phenoxy) is 1. The van der Waals surface area contributed by atoms with Crippen LogP contribution in [-0.2, 0) is 9.53 Å². The summed E-state index contributed by atoms with van der Waals surface area (Å²) >= 11 is 1.90. The largest absolute Gasteiger partial charge is 0.372 e. The first-order valence-electron chi connectivity index (χ1n) is 5.02. The molecule has 4 heteroatoms. The van der Waals surface area contributed by atoms with Gasteiger partial charge in [-0.3, -0.25) is 4.79 Å². The molecule has 0 saturated heterocycles. The topological polar surface area (TPSA) is 38.3 Å². The van der Waals surface area contributed by atoms with Gasteiger partial charge >= 0.3 is 0 Å². The second-order valence-electron chi connectivity index (χ2n) is 3.27. The summed E-state index contributed by atoms with van der Waals surface area (Å²) in [6.07, 6.45) is 0.664. The standard InChI is InChI=1S/C10H21NO2S/c1-5-14-7-6-8(2)11-10(12)9(3)13-4/h8-9H,5-7H2,1-4H3,(H,11,12). The van der Waals surface area contributed by atoms with Gasteiger partial charge in [-0.15, -0.1) is 0 Å². The molecule has 0 aromatic carbocycles. The fourth-order valence-electron chi connectivity index (χ4n) is 0.944. The minimum Gasteiger partial charge on any atom is -0.372 e. The highest BCUT2D eigenvalue weighted by Gasteiger charge is 2.13. The van der Waals surface area contributed by atoms with E-state index in [-0.39, 0.29) is 18.1 Å². The monoisotopic (exact) mass is 219 g/mol. The number of thioether (sulfide) groups is 1. The lowest BCUT2D eigenvalue weighted by molar-refractivity contribution is -0.130. The van der Waals surface area contributed by atoms with Gasteiger partial charge in [0.1, 0.15) is 6.10 Å². The quantitative estimate of drug-likeness (QED) is 0.662. The summed E-state index contributed by atoms with van der Waals surface area (Å²) in [5, 5.41) is 2.91. The van der Waals surface area contributed by atoms with Crippen LogP contribution in [0.4, 0.5) is 0 Å². The Morgan fingerprint density at radius 3 is 2.64 bits per heavy atom. The highest BCUT2D eigenvalue weighted by molar-refractivity contribution is 7.99. The number of methoxy groups -OCH3 is 1. The summed E-state index contributed by atoms with van der Waals surface area (Å²) in [6, 6.07) is 0.235. The third-order valence-corrected chi connectivity index (χ3v) is 2.94. The molecule has 0 aromatic heterocycles. The van der Waals surface area contributed by atoms with E-state index in [1.165, 1.54) is 0 Å². The van der Waals surface area contributed by atoms with Gasteiger partial charge in [-0.25, -0.2) is 0 Å². The SMILES string of the molecule is CCSCCC(C)NC(=O)C(C)OC. The van der Waals surface area contributed by atoms with Crippen molar-refractivity contribution in [2.45, 2.75) is 39.3 Å². The number of hydrogen-bond donors (Lipinski definition) is 1. The Morgan fingerprint density at radius 2 is 2.14 bits per heavy atom.